The van der Waals surface area contributed by atoms with Crippen molar-refractivity contribution in [2.75, 3.05) is 0 Å². The lowest BCUT2D eigenvalue weighted by Gasteiger charge is -2.18. The molecule has 0 spiro atoms. The highest BCUT2D eigenvalue weighted by atomic mass is 15.3. The Bertz CT molecular complexity index is 383. The van der Waals surface area contributed by atoms with E-state index in [-0.39, 0.29) is 11.0 Å². The minimum absolute atomic E-state index is 0.128. The highest BCUT2D eigenvalue weighted by molar-refractivity contribution is 5.00. The van der Waals surface area contributed by atoms with Crippen molar-refractivity contribution in [3.8, 4) is 0 Å². The van der Waals surface area contributed by atoms with Gasteiger partial charge in [0.2, 0.25) is 0 Å². The van der Waals surface area contributed by atoms with Gasteiger partial charge < -0.3 is 4.98 Å². The predicted molar refractivity (Wildman–Crippen MR) is 74.5 cm³/mol. The number of hydrogen-bond acceptors (Lipinski definition) is 2. The second kappa shape index (κ2) is 5.38. The van der Waals surface area contributed by atoms with Crippen LogP contribution in [0, 0.1) is 0 Å². The molecule has 0 aliphatic heterocycles. The van der Waals surface area contributed by atoms with Crippen molar-refractivity contribution >= 4 is 0 Å². The van der Waals surface area contributed by atoms with E-state index in [1.807, 2.05) is 23.1 Å². The van der Waals surface area contributed by atoms with Crippen LogP contribution in [0.5, 0.6) is 0 Å². The SMILES string of the molecule is CC(C)(C)c1ncc[nH]1.CC(C)(C)n1cccn1. The average Bonchev–Trinajstić information content (AvgIpc) is 2.91. The molecule has 1 N–H and O–H groups in total. The Morgan fingerprint density at radius 2 is 1.72 bits per heavy atom. The number of hydrogen-bond donors (Lipinski definition) is 1. The molecule has 18 heavy (non-hydrogen) atoms. The number of imidazole rings is 1. The standard InChI is InChI=1S/2C7H12N2/c1-7(2,3)6-8-4-5-9-6;1-7(2,3)9-6-4-5-8-9/h4-5H,1-3H3,(H,8,9);4-6H,1-3H3. The second-order valence-corrected chi connectivity index (χ2v) is 6.31. The zero-order valence-electron chi connectivity index (χ0n) is 12.2. The first kappa shape index (κ1) is 14.5. The van der Waals surface area contributed by atoms with Crippen molar-refractivity contribution in [3.63, 3.8) is 0 Å². The summed E-state index contributed by atoms with van der Waals surface area (Å²) < 4.78 is 1.94. The summed E-state index contributed by atoms with van der Waals surface area (Å²) in [6, 6.07) is 1.94. The van der Waals surface area contributed by atoms with Crippen LogP contribution in [0.15, 0.2) is 30.9 Å². The van der Waals surface area contributed by atoms with Gasteiger partial charge in [0.25, 0.3) is 0 Å². The Balaban J connectivity index is 0.000000180. The summed E-state index contributed by atoms with van der Waals surface area (Å²) in [5, 5.41) is 4.10. The van der Waals surface area contributed by atoms with Gasteiger partial charge in [0.1, 0.15) is 5.82 Å². The lowest BCUT2D eigenvalue weighted by atomic mass is 9.96. The van der Waals surface area contributed by atoms with Crippen LogP contribution in [-0.4, -0.2) is 19.7 Å². The smallest absolute Gasteiger partial charge is 0.111 e. The zero-order valence-corrected chi connectivity index (χ0v) is 12.2. The van der Waals surface area contributed by atoms with Crippen LogP contribution in [0.1, 0.15) is 47.4 Å². The molecule has 2 aromatic rings. The normalized spacial score (nSPS) is 11.9. The first-order valence-electron chi connectivity index (χ1n) is 6.21. The van der Waals surface area contributed by atoms with E-state index in [4.69, 9.17) is 0 Å². The maximum Gasteiger partial charge on any atom is 0.111 e. The summed E-state index contributed by atoms with van der Waals surface area (Å²) in [6.45, 7) is 12.8. The molecule has 0 bridgehead atoms. The molecule has 2 heterocycles. The molecule has 0 unspecified atom stereocenters. The van der Waals surface area contributed by atoms with Crippen molar-refractivity contribution in [2.45, 2.75) is 52.5 Å². The van der Waals surface area contributed by atoms with Crippen LogP contribution >= 0.6 is 0 Å². The topological polar surface area (TPSA) is 46.5 Å². The van der Waals surface area contributed by atoms with E-state index in [2.05, 4.69) is 56.6 Å². The summed E-state index contributed by atoms with van der Waals surface area (Å²) in [4.78, 5) is 7.20. The molecule has 0 aromatic carbocycles. The van der Waals surface area contributed by atoms with Crippen LogP contribution < -0.4 is 0 Å². The lowest BCUT2D eigenvalue weighted by molar-refractivity contribution is 0.355. The summed E-state index contributed by atoms with van der Waals surface area (Å²) in [6.07, 6.45) is 7.40. The molecule has 0 aliphatic carbocycles. The van der Waals surface area contributed by atoms with E-state index in [1.165, 1.54) is 0 Å². The van der Waals surface area contributed by atoms with E-state index in [0.717, 1.165) is 5.82 Å². The van der Waals surface area contributed by atoms with Crippen molar-refractivity contribution in [1.29, 1.82) is 0 Å². The fourth-order valence-electron chi connectivity index (χ4n) is 1.34. The number of H-pyrrole nitrogens is 1. The van der Waals surface area contributed by atoms with Gasteiger partial charge >= 0.3 is 0 Å². The fraction of sp³-hybridized carbons (Fsp3) is 0.571. The zero-order chi connectivity index (χ0) is 13.8. The maximum absolute atomic E-state index is 4.13. The Hall–Kier alpha value is -1.58. The minimum Gasteiger partial charge on any atom is -0.348 e. The molecule has 0 fully saturated rings. The van der Waals surface area contributed by atoms with Gasteiger partial charge in [-0.05, 0) is 26.8 Å². The third-order valence-electron chi connectivity index (χ3n) is 2.40. The second-order valence-electron chi connectivity index (χ2n) is 6.31. The molecule has 0 amide bonds. The largest absolute Gasteiger partial charge is 0.348 e. The molecule has 0 saturated carbocycles. The fourth-order valence-corrected chi connectivity index (χ4v) is 1.34. The number of rotatable bonds is 0. The molecular formula is C14H24N4. The molecule has 0 saturated heterocycles. The van der Waals surface area contributed by atoms with Gasteiger partial charge in [-0.15, -0.1) is 0 Å². The van der Waals surface area contributed by atoms with Gasteiger partial charge in [-0.1, -0.05) is 20.8 Å². The summed E-state index contributed by atoms with van der Waals surface area (Å²) >= 11 is 0. The third kappa shape index (κ3) is 4.35. The molecular weight excluding hydrogens is 224 g/mol. The molecule has 100 valence electrons. The van der Waals surface area contributed by atoms with E-state index in [1.54, 1.807) is 12.4 Å². The Morgan fingerprint density at radius 3 is 1.94 bits per heavy atom. The maximum atomic E-state index is 4.13. The molecule has 0 aliphatic rings. The van der Waals surface area contributed by atoms with Gasteiger partial charge in [0, 0.05) is 30.2 Å². The van der Waals surface area contributed by atoms with E-state index >= 15 is 0 Å². The predicted octanol–water partition coefficient (Wildman–Crippen LogP) is 3.35. The quantitative estimate of drug-likeness (QED) is 0.777. The Labute approximate surface area is 109 Å². The van der Waals surface area contributed by atoms with E-state index in [9.17, 15) is 0 Å². The van der Waals surface area contributed by atoms with Crippen LogP contribution in [0.25, 0.3) is 0 Å². The highest BCUT2D eigenvalue weighted by Crippen LogP contribution is 2.16. The van der Waals surface area contributed by atoms with Crippen molar-refractivity contribution in [1.82, 2.24) is 19.7 Å². The van der Waals surface area contributed by atoms with Gasteiger partial charge in [0.05, 0.1) is 5.54 Å². The molecule has 2 aromatic heterocycles. The summed E-state index contributed by atoms with van der Waals surface area (Å²) in [5.41, 5.74) is 0.285. The van der Waals surface area contributed by atoms with E-state index in [0.29, 0.717) is 0 Å². The van der Waals surface area contributed by atoms with E-state index < -0.39 is 0 Å². The van der Waals surface area contributed by atoms with Crippen molar-refractivity contribution in [3.05, 3.63) is 36.7 Å². The van der Waals surface area contributed by atoms with Gasteiger partial charge in [0.15, 0.2) is 0 Å². The molecule has 2 rings (SSSR count). The monoisotopic (exact) mass is 248 g/mol. The highest BCUT2D eigenvalue weighted by Gasteiger charge is 2.14. The van der Waals surface area contributed by atoms with Crippen LogP contribution in [0.2, 0.25) is 0 Å². The average molecular weight is 248 g/mol. The Kier molecular flexibility index (Phi) is 4.33. The first-order valence-corrected chi connectivity index (χ1v) is 6.21. The van der Waals surface area contributed by atoms with Crippen LogP contribution in [0.3, 0.4) is 0 Å². The molecule has 4 heteroatoms. The number of nitrogens with zero attached hydrogens (tertiary/aromatic N) is 3. The number of aromatic nitrogens is 4. The minimum atomic E-state index is 0.128. The van der Waals surface area contributed by atoms with Crippen LogP contribution in [-0.2, 0) is 11.0 Å². The third-order valence-corrected chi connectivity index (χ3v) is 2.40. The summed E-state index contributed by atoms with van der Waals surface area (Å²) in [7, 11) is 0. The van der Waals surface area contributed by atoms with Gasteiger partial charge in [-0.2, -0.15) is 5.10 Å². The summed E-state index contributed by atoms with van der Waals surface area (Å²) in [5.74, 6) is 1.04. The molecule has 0 radical (unpaired) electrons. The van der Waals surface area contributed by atoms with Gasteiger partial charge in [-0.25, -0.2) is 4.98 Å². The first-order chi connectivity index (χ1) is 8.21. The number of nitrogens with one attached hydrogen (secondary N) is 1. The van der Waals surface area contributed by atoms with Crippen molar-refractivity contribution < 1.29 is 0 Å². The van der Waals surface area contributed by atoms with Gasteiger partial charge in [-0.3, -0.25) is 4.68 Å². The Morgan fingerprint density at radius 1 is 1.06 bits per heavy atom. The lowest BCUT2D eigenvalue weighted by Crippen LogP contribution is -2.21. The molecule has 0 atom stereocenters. The molecule has 4 nitrogen and oxygen atoms in total. The van der Waals surface area contributed by atoms with Crippen molar-refractivity contribution in [2.24, 2.45) is 0 Å². The van der Waals surface area contributed by atoms with Crippen LogP contribution in [0.4, 0.5) is 0 Å². The number of aromatic amines is 1.